The number of guanidine groups is 1. The molecule has 0 spiro atoms. The predicted octanol–water partition coefficient (Wildman–Crippen LogP) is 1.47. The van der Waals surface area contributed by atoms with Crippen molar-refractivity contribution in [3.05, 3.63) is 0 Å². The molecule has 1 saturated carbocycles. The summed E-state index contributed by atoms with van der Waals surface area (Å²) in [6, 6.07) is 0.477. The van der Waals surface area contributed by atoms with Crippen LogP contribution < -0.4 is 5.32 Å². The van der Waals surface area contributed by atoms with Crippen LogP contribution in [0.4, 0.5) is 0 Å². The van der Waals surface area contributed by atoms with Gasteiger partial charge in [-0.2, -0.15) is 0 Å². The molecule has 1 heterocycles. The Morgan fingerprint density at radius 3 is 2.65 bits per heavy atom. The van der Waals surface area contributed by atoms with E-state index in [-0.39, 0.29) is 5.41 Å². The maximum absolute atomic E-state index is 5.93. The average molecular weight is 239 g/mol. The Morgan fingerprint density at radius 1 is 1.47 bits per heavy atom. The Morgan fingerprint density at radius 2 is 2.18 bits per heavy atom. The van der Waals surface area contributed by atoms with E-state index in [1.807, 2.05) is 0 Å². The van der Waals surface area contributed by atoms with E-state index in [0.717, 1.165) is 25.5 Å². The fourth-order valence-electron chi connectivity index (χ4n) is 2.53. The molecule has 0 aromatic carbocycles. The molecule has 1 aliphatic carbocycles. The molecule has 2 aliphatic rings. The van der Waals surface area contributed by atoms with E-state index in [2.05, 4.69) is 50.0 Å². The SMILES string of the molecule is CC(C)OC1CC(NC2=NCCN2C)C1(C)C. The highest BCUT2D eigenvalue weighted by atomic mass is 16.5. The molecule has 2 rings (SSSR count). The molecule has 2 atom stereocenters. The van der Waals surface area contributed by atoms with Crippen molar-refractivity contribution >= 4 is 5.96 Å². The Bertz CT molecular complexity index is 312. The van der Waals surface area contributed by atoms with Crippen molar-refractivity contribution in [3.8, 4) is 0 Å². The van der Waals surface area contributed by atoms with E-state index in [1.54, 1.807) is 0 Å². The van der Waals surface area contributed by atoms with Crippen LogP contribution in [0.1, 0.15) is 34.1 Å². The van der Waals surface area contributed by atoms with Gasteiger partial charge in [0.15, 0.2) is 5.96 Å². The van der Waals surface area contributed by atoms with Gasteiger partial charge in [-0.1, -0.05) is 13.8 Å². The van der Waals surface area contributed by atoms with Gasteiger partial charge < -0.3 is 15.0 Å². The highest BCUT2D eigenvalue weighted by Crippen LogP contribution is 2.43. The maximum atomic E-state index is 5.93. The van der Waals surface area contributed by atoms with Gasteiger partial charge in [0.05, 0.1) is 18.8 Å². The van der Waals surface area contributed by atoms with Gasteiger partial charge in [-0.05, 0) is 20.3 Å². The van der Waals surface area contributed by atoms with Crippen molar-refractivity contribution in [2.75, 3.05) is 20.1 Å². The Kier molecular flexibility index (Phi) is 3.34. The molecular weight excluding hydrogens is 214 g/mol. The molecule has 0 amide bonds. The summed E-state index contributed by atoms with van der Waals surface area (Å²) < 4.78 is 5.93. The first-order valence-corrected chi connectivity index (χ1v) is 6.59. The van der Waals surface area contributed by atoms with Crippen molar-refractivity contribution in [2.45, 2.75) is 52.4 Å². The van der Waals surface area contributed by atoms with Crippen LogP contribution in [0.15, 0.2) is 4.99 Å². The molecule has 1 aliphatic heterocycles. The number of hydrogen-bond acceptors (Lipinski definition) is 4. The largest absolute Gasteiger partial charge is 0.375 e. The molecule has 1 N–H and O–H groups in total. The van der Waals surface area contributed by atoms with Gasteiger partial charge in [0.2, 0.25) is 0 Å². The predicted molar refractivity (Wildman–Crippen MR) is 70.3 cm³/mol. The van der Waals surface area contributed by atoms with Crippen LogP contribution in [0.25, 0.3) is 0 Å². The lowest BCUT2D eigenvalue weighted by molar-refractivity contribution is -0.135. The minimum Gasteiger partial charge on any atom is -0.375 e. The van der Waals surface area contributed by atoms with Crippen LogP contribution in [0, 0.1) is 5.41 Å². The zero-order chi connectivity index (χ0) is 12.6. The monoisotopic (exact) mass is 239 g/mol. The summed E-state index contributed by atoms with van der Waals surface area (Å²) in [5.41, 5.74) is 0.191. The second-order valence-electron chi connectivity index (χ2n) is 6.05. The standard InChI is InChI=1S/C13H25N3O/c1-9(2)17-11-8-10(13(11,3)4)15-12-14-6-7-16(12)5/h9-11H,6-8H2,1-5H3,(H,14,15). The molecule has 0 radical (unpaired) electrons. The number of aliphatic imine (C=N–C) groups is 1. The molecule has 98 valence electrons. The van der Waals surface area contributed by atoms with E-state index in [0.29, 0.717) is 18.2 Å². The van der Waals surface area contributed by atoms with Gasteiger partial charge in [-0.15, -0.1) is 0 Å². The number of nitrogens with one attached hydrogen (secondary N) is 1. The lowest BCUT2D eigenvalue weighted by atomic mass is 9.64. The fourth-order valence-corrected chi connectivity index (χ4v) is 2.53. The third-order valence-corrected chi connectivity index (χ3v) is 3.98. The molecule has 0 aromatic heterocycles. The number of ether oxygens (including phenoxy) is 1. The maximum Gasteiger partial charge on any atom is 0.194 e. The fraction of sp³-hybridized carbons (Fsp3) is 0.923. The van der Waals surface area contributed by atoms with Crippen LogP contribution in [-0.4, -0.2) is 49.2 Å². The zero-order valence-electron chi connectivity index (χ0n) is 11.7. The smallest absolute Gasteiger partial charge is 0.194 e. The van der Waals surface area contributed by atoms with Crippen molar-refractivity contribution in [2.24, 2.45) is 10.4 Å². The highest BCUT2D eigenvalue weighted by Gasteiger charge is 2.50. The van der Waals surface area contributed by atoms with E-state index >= 15 is 0 Å². The number of hydrogen-bond donors (Lipinski definition) is 1. The number of likely N-dealkylation sites (N-methyl/N-ethyl adjacent to an activating group) is 1. The first-order chi connectivity index (χ1) is 7.91. The molecule has 4 heteroatoms. The topological polar surface area (TPSA) is 36.9 Å². The molecule has 0 aromatic rings. The quantitative estimate of drug-likeness (QED) is 0.810. The van der Waals surface area contributed by atoms with Crippen molar-refractivity contribution < 1.29 is 4.74 Å². The summed E-state index contributed by atoms with van der Waals surface area (Å²) in [4.78, 5) is 6.67. The van der Waals surface area contributed by atoms with Crippen LogP contribution in [-0.2, 0) is 4.74 Å². The average Bonchev–Trinajstić information content (AvgIpc) is 2.62. The van der Waals surface area contributed by atoms with Gasteiger partial charge >= 0.3 is 0 Å². The normalized spacial score (nSPS) is 31.4. The molecule has 0 saturated heterocycles. The second kappa shape index (κ2) is 4.48. The number of nitrogens with zero attached hydrogens (tertiary/aromatic N) is 2. The first kappa shape index (κ1) is 12.7. The van der Waals surface area contributed by atoms with Gasteiger partial charge in [-0.25, -0.2) is 0 Å². The molecule has 0 bridgehead atoms. The van der Waals surface area contributed by atoms with E-state index < -0.39 is 0 Å². The third kappa shape index (κ3) is 2.41. The molecule has 2 unspecified atom stereocenters. The summed E-state index contributed by atoms with van der Waals surface area (Å²) in [5, 5.41) is 3.55. The van der Waals surface area contributed by atoms with Crippen LogP contribution in [0.5, 0.6) is 0 Å². The van der Waals surface area contributed by atoms with Gasteiger partial charge in [0, 0.05) is 25.0 Å². The van der Waals surface area contributed by atoms with Gasteiger partial charge in [-0.3, -0.25) is 4.99 Å². The van der Waals surface area contributed by atoms with E-state index in [1.165, 1.54) is 0 Å². The summed E-state index contributed by atoms with van der Waals surface area (Å²) in [7, 11) is 2.09. The second-order valence-corrected chi connectivity index (χ2v) is 6.05. The Balaban J connectivity index is 1.89. The first-order valence-electron chi connectivity index (χ1n) is 6.59. The molecule has 17 heavy (non-hydrogen) atoms. The van der Waals surface area contributed by atoms with Crippen LogP contribution >= 0.6 is 0 Å². The van der Waals surface area contributed by atoms with Crippen molar-refractivity contribution in [3.63, 3.8) is 0 Å². The van der Waals surface area contributed by atoms with Crippen molar-refractivity contribution in [1.82, 2.24) is 10.2 Å². The molecule has 4 nitrogen and oxygen atoms in total. The van der Waals surface area contributed by atoms with Crippen molar-refractivity contribution in [1.29, 1.82) is 0 Å². The van der Waals surface area contributed by atoms with Gasteiger partial charge in [0.25, 0.3) is 0 Å². The van der Waals surface area contributed by atoms with E-state index in [9.17, 15) is 0 Å². The summed E-state index contributed by atoms with van der Waals surface area (Å²) >= 11 is 0. The van der Waals surface area contributed by atoms with E-state index in [4.69, 9.17) is 4.74 Å². The van der Waals surface area contributed by atoms with Gasteiger partial charge in [0.1, 0.15) is 0 Å². The number of rotatable bonds is 3. The zero-order valence-corrected chi connectivity index (χ0v) is 11.7. The third-order valence-electron chi connectivity index (χ3n) is 3.98. The summed E-state index contributed by atoms with van der Waals surface area (Å²) in [6.07, 6.45) is 1.76. The summed E-state index contributed by atoms with van der Waals surface area (Å²) in [5.74, 6) is 1.05. The minimum absolute atomic E-state index is 0.191. The molecule has 1 fully saturated rings. The summed E-state index contributed by atoms with van der Waals surface area (Å²) in [6.45, 7) is 10.7. The van der Waals surface area contributed by atoms with Crippen LogP contribution in [0.2, 0.25) is 0 Å². The lowest BCUT2D eigenvalue weighted by Crippen LogP contribution is -2.63. The Labute approximate surface area is 104 Å². The molecular formula is C13H25N3O. The van der Waals surface area contributed by atoms with Crippen LogP contribution in [0.3, 0.4) is 0 Å². The minimum atomic E-state index is 0.191. The highest BCUT2D eigenvalue weighted by molar-refractivity contribution is 5.81. The lowest BCUT2D eigenvalue weighted by Gasteiger charge is -2.52. The Hall–Kier alpha value is -0.770.